The molecule has 0 bridgehead atoms. The van der Waals surface area contributed by atoms with E-state index in [-0.39, 0.29) is 30.4 Å². The van der Waals surface area contributed by atoms with Crippen molar-refractivity contribution in [3.8, 4) is 5.75 Å². The highest BCUT2D eigenvalue weighted by Crippen LogP contribution is 2.49. The molecule has 1 saturated heterocycles. The van der Waals surface area contributed by atoms with Crippen LogP contribution in [-0.4, -0.2) is 78.4 Å². The zero-order valence-corrected chi connectivity index (χ0v) is 18.7. The lowest BCUT2D eigenvalue weighted by molar-refractivity contribution is -0.147. The van der Waals surface area contributed by atoms with Gasteiger partial charge in [-0.25, -0.2) is 0 Å². The van der Waals surface area contributed by atoms with Gasteiger partial charge in [0, 0.05) is 57.4 Å². The fourth-order valence-corrected chi connectivity index (χ4v) is 5.32. The average molecular weight is 430 g/mol. The molecule has 1 N–H and O–H groups in total. The van der Waals surface area contributed by atoms with Gasteiger partial charge in [0.1, 0.15) is 12.4 Å². The molecule has 0 unspecified atom stereocenters. The smallest absolute Gasteiger partial charge is 0.249 e. The van der Waals surface area contributed by atoms with Crippen LogP contribution in [0.2, 0.25) is 0 Å². The molecule has 1 atom stereocenters. The SMILES string of the molecule is CCCC(=O)N1CC2(C1)CN(C(=O)COC)[C@H](CO)c1c2c2ccc(OC)cc2n1C. The van der Waals surface area contributed by atoms with Crippen molar-refractivity contribution in [2.75, 3.05) is 47.1 Å². The maximum absolute atomic E-state index is 12.9. The van der Waals surface area contributed by atoms with Gasteiger partial charge in [-0.1, -0.05) is 6.92 Å². The molecule has 0 aliphatic carbocycles. The number of amides is 2. The van der Waals surface area contributed by atoms with Crippen molar-refractivity contribution in [1.82, 2.24) is 14.4 Å². The van der Waals surface area contributed by atoms with Crippen LogP contribution in [0.4, 0.5) is 0 Å². The highest BCUT2D eigenvalue weighted by molar-refractivity contribution is 5.90. The van der Waals surface area contributed by atoms with E-state index < -0.39 is 6.04 Å². The quantitative estimate of drug-likeness (QED) is 0.754. The Morgan fingerprint density at radius 1 is 1.19 bits per heavy atom. The summed E-state index contributed by atoms with van der Waals surface area (Å²) in [7, 11) is 5.09. The predicted molar refractivity (Wildman–Crippen MR) is 116 cm³/mol. The lowest BCUT2D eigenvalue weighted by Crippen LogP contribution is -2.68. The van der Waals surface area contributed by atoms with Crippen molar-refractivity contribution in [2.24, 2.45) is 7.05 Å². The van der Waals surface area contributed by atoms with E-state index in [1.54, 1.807) is 12.0 Å². The molecule has 31 heavy (non-hydrogen) atoms. The molecular formula is C23H31N3O5. The molecule has 0 saturated carbocycles. The second-order valence-electron chi connectivity index (χ2n) is 8.64. The predicted octanol–water partition coefficient (Wildman–Crippen LogP) is 1.59. The Kier molecular flexibility index (Phi) is 5.70. The van der Waals surface area contributed by atoms with Gasteiger partial charge in [-0.2, -0.15) is 0 Å². The number of carbonyl (C=O) groups is 2. The summed E-state index contributed by atoms with van der Waals surface area (Å²) >= 11 is 0. The number of rotatable bonds is 6. The summed E-state index contributed by atoms with van der Waals surface area (Å²) in [6.07, 6.45) is 1.34. The number of aliphatic hydroxyl groups is 1. The Morgan fingerprint density at radius 3 is 2.55 bits per heavy atom. The molecule has 1 fully saturated rings. The van der Waals surface area contributed by atoms with Crippen LogP contribution in [0.3, 0.4) is 0 Å². The third kappa shape index (κ3) is 3.29. The van der Waals surface area contributed by atoms with Gasteiger partial charge in [0.15, 0.2) is 0 Å². The number of carbonyl (C=O) groups excluding carboxylic acids is 2. The molecule has 2 amide bonds. The second-order valence-corrected chi connectivity index (χ2v) is 8.64. The normalized spacial score (nSPS) is 19.5. The number of methoxy groups -OCH3 is 2. The number of aryl methyl sites for hydroxylation is 1. The summed E-state index contributed by atoms with van der Waals surface area (Å²) < 4.78 is 12.6. The summed E-state index contributed by atoms with van der Waals surface area (Å²) in [5.41, 5.74) is 2.68. The number of hydrogen-bond donors (Lipinski definition) is 1. The molecule has 8 heteroatoms. The minimum atomic E-state index is -0.466. The topological polar surface area (TPSA) is 84.2 Å². The van der Waals surface area contributed by atoms with Gasteiger partial charge in [-0.3, -0.25) is 9.59 Å². The maximum atomic E-state index is 12.9. The first-order valence-electron chi connectivity index (χ1n) is 10.7. The average Bonchev–Trinajstić information content (AvgIpc) is 3.03. The standard InChI is InChI=1S/C23H31N3O5/c1-5-6-19(28)25-12-23(13-25)14-26(20(29)11-30-3)18(10-27)22-21(23)16-8-7-15(31-4)9-17(16)24(22)2/h7-9,18,27H,5-6,10-14H2,1-4H3/t18-/m1/s1. The Balaban J connectivity index is 1.86. The number of ether oxygens (including phenoxy) is 2. The van der Waals surface area contributed by atoms with E-state index in [2.05, 4.69) is 4.57 Å². The van der Waals surface area contributed by atoms with Crippen molar-refractivity contribution in [3.63, 3.8) is 0 Å². The van der Waals surface area contributed by atoms with E-state index in [1.807, 2.05) is 37.1 Å². The van der Waals surface area contributed by atoms with Crippen molar-refractivity contribution in [3.05, 3.63) is 29.5 Å². The lowest BCUT2D eigenvalue weighted by Gasteiger charge is -2.56. The molecule has 2 aliphatic heterocycles. The molecule has 0 radical (unpaired) electrons. The Hall–Kier alpha value is -2.58. The number of nitrogens with zero attached hydrogens (tertiary/aromatic N) is 3. The van der Waals surface area contributed by atoms with Crippen LogP contribution in [0.5, 0.6) is 5.75 Å². The molecule has 1 aromatic carbocycles. The van der Waals surface area contributed by atoms with Crippen LogP contribution in [0.25, 0.3) is 10.9 Å². The van der Waals surface area contributed by atoms with E-state index in [1.165, 1.54) is 7.11 Å². The van der Waals surface area contributed by atoms with Crippen molar-refractivity contribution in [2.45, 2.75) is 31.2 Å². The van der Waals surface area contributed by atoms with Gasteiger partial charge in [0.05, 0.1) is 30.7 Å². The largest absolute Gasteiger partial charge is 0.497 e. The number of aromatic nitrogens is 1. The third-order valence-corrected chi connectivity index (χ3v) is 6.71. The van der Waals surface area contributed by atoms with Gasteiger partial charge in [0.25, 0.3) is 0 Å². The summed E-state index contributed by atoms with van der Waals surface area (Å²) in [4.78, 5) is 29.1. The van der Waals surface area contributed by atoms with Crippen LogP contribution in [0, 0.1) is 0 Å². The third-order valence-electron chi connectivity index (χ3n) is 6.71. The minimum absolute atomic E-state index is 0.0435. The monoisotopic (exact) mass is 429 g/mol. The summed E-state index contributed by atoms with van der Waals surface area (Å²) in [5.74, 6) is 0.740. The number of benzene rings is 1. The molecule has 1 spiro atoms. The summed E-state index contributed by atoms with van der Waals surface area (Å²) in [6, 6.07) is 5.50. The number of aliphatic hydroxyl groups excluding tert-OH is 1. The van der Waals surface area contributed by atoms with Gasteiger partial charge >= 0.3 is 0 Å². The maximum Gasteiger partial charge on any atom is 0.249 e. The zero-order valence-electron chi connectivity index (χ0n) is 18.7. The van der Waals surface area contributed by atoms with E-state index in [9.17, 15) is 14.7 Å². The molecule has 1 aromatic heterocycles. The Bertz CT molecular complexity index is 1010. The molecular weight excluding hydrogens is 398 g/mol. The van der Waals surface area contributed by atoms with E-state index in [4.69, 9.17) is 9.47 Å². The number of fused-ring (bicyclic) bond motifs is 4. The van der Waals surface area contributed by atoms with Crippen LogP contribution >= 0.6 is 0 Å². The molecule has 3 heterocycles. The van der Waals surface area contributed by atoms with Crippen LogP contribution < -0.4 is 4.74 Å². The number of hydrogen-bond acceptors (Lipinski definition) is 5. The van der Waals surface area contributed by atoms with Crippen molar-refractivity contribution >= 4 is 22.7 Å². The van der Waals surface area contributed by atoms with Crippen molar-refractivity contribution < 1.29 is 24.2 Å². The zero-order chi connectivity index (χ0) is 22.3. The molecule has 168 valence electrons. The fraction of sp³-hybridized carbons (Fsp3) is 0.565. The van der Waals surface area contributed by atoms with Gasteiger partial charge < -0.3 is 28.9 Å². The van der Waals surface area contributed by atoms with Crippen LogP contribution in [0.15, 0.2) is 18.2 Å². The molecule has 2 aliphatic rings. The van der Waals surface area contributed by atoms with E-state index in [0.29, 0.717) is 26.1 Å². The van der Waals surface area contributed by atoms with E-state index in [0.717, 1.165) is 34.3 Å². The van der Waals surface area contributed by atoms with Gasteiger partial charge in [-0.15, -0.1) is 0 Å². The molecule has 4 rings (SSSR count). The molecule has 2 aromatic rings. The van der Waals surface area contributed by atoms with E-state index >= 15 is 0 Å². The molecule has 8 nitrogen and oxygen atoms in total. The lowest BCUT2D eigenvalue weighted by atomic mass is 9.68. The van der Waals surface area contributed by atoms with Crippen LogP contribution in [0.1, 0.15) is 37.1 Å². The van der Waals surface area contributed by atoms with Gasteiger partial charge in [-0.05, 0) is 24.1 Å². The Morgan fingerprint density at radius 2 is 1.94 bits per heavy atom. The second kappa shape index (κ2) is 8.16. The minimum Gasteiger partial charge on any atom is -0.497 e. The summed E-state index contributed by atoms with van der Waals surface area (Å²) in [5, 5.41) is 11.4. The number of likely N-dealkylation sites (tertiary alicyclic amines) is 1. The highest BCUT2D eigenvalue weighted by Gasteiger charge is 2.55. The van der Waals surface area contributed by atoms with Gasteiger partial charge in [0.2, 0.25) is 11.8 Å². The van der Waals surface area contributed by atoms with Crippen molar-refractivity contribution in [1.29, 1.82) is 0 Å². The van der Waals surface area contributed by atoms with Crippen LogP contribution in [-0.2, 0) is 26.8 Å². The highest BCUT2D eigenvalue weighted by atomic mass is 16.5. The first-order chi connectivity index (χ1) is 14.9. The first kappa shape index (κ1) is 21.6. The fourth-order valence-electron chi connectivity index (χ4n) is 5.32. The first-order valence-corrected chi connectivity index (χ1v) is 10.7. The Labute approximate surface area is 182 Å². The summed E-state index contributed by atoms with van der Waals surface area (Å²) in [6.45, 7) is 3.37.